The van der Waals surface area contributed by atoms with E-state index in [2.05, 4.69) is 5.32 Å². The molecule has 3 aliphatic heterocycles. The number of amides is 1. The van der Waals surface area contributed by atoms with Crippen LogP contribution in [-0.2, 0) is 10.0 Å². The number of piperazine rings is 1. The van der Waals surface area contributed by atoms with Crippen molar-refractivity contribution in [1.29, 1.82) is 0 Å². The summed E-state index contributed by atoms with van der Waals surface area (Å²) < 4.78 is 53.2. The van der Waals surface area contributed by atoms with Gasteiger partial charge >= 0.3 is 0 Å². The molecule has 0 aliphatic carbocycles. The van der Waals surface area contributed by atoms with Gasteiger partial charge in [-0.05, 0) is 30.3 Å². The summed E-state index contributed by atoms with van der Waals surface area (Å²) in [5.74, 6) is -2.70. The SMILES string of the molecule is O=C(Nc1ccc(F)c(F)c1)c1ccc2c(c1)S(=O)(=O)N1CCN2CC1. The zero-order chi connectivity index (χ0) is 18.5. The van der Waals surface area contributed by atoms with E-state index >= 15 is 0 Å². The minimum Gasteiger partial charge on any atom is -0.368 e. The number of anilines is 2. The standard InChI is InChI=1S/C17H15F2N3O3S/c18-13-3-2-12(10-14(13)19)20-17(23)11-1-4-15-16(9-11)26(24,25)22-7-5-21(15)6-8-22/h1-4,9-10H,5-8H2,(H,20,23). The van der Waals surface area contributed by atoms with Crippen LogP contribution in [-0.4, -0.2) is 44.8 Å². The Labute approximate surface area is 149 Å². The first-order chi connectivity index (χ1) is 12.4. The molecule has 3 aliphatic rings. The lowest BCUT2D eigenvalue weighted by Crippen LogP contribution is -2.45. The molecule has 2 aromatic carbocycles. The van der Waals surface area contributed by atoms with E-state index in [1.54, 1.807) is 6.07 Å². The summed E-state index contributed by atoms with van der Waals surface area (Å²) in [6.45, 7) is 2.03. The number of benzene rings is 2. The summed E-state index contributed by atoms with van der Waals surface area (Å²) >= 11 is 0. The smallest absolute Gasteiger partial charge is 0.255 e. The van der Waals surface area contributed by atoms with Crippen molar-refractivity contribution >= 4 is 27.3 Å². The van der Waals surface area contributed by atoms with Crippen LogP contribution in [0.25, 0.3) is 0 Å². The molecule has 1 N–H and O–H groups in total. The molecule has 1 fully saturated rings. The second-order valence-electron chi connectivity index (χ2n) is 6.16. The third-order valence-electron chi connectivity index (χ3n) is 4.60. The minimum atomic E-state index is -3.67. The summed E-state index contributed by atoms with van der Waals surface area (Å²) in [6.07, 6.45) is 0. The molecule has 136 valence electrons. The van der Waals surface area contributed by atoms with Crippen molar-refractivity contribution in [1.82, 2.24) is 4.31 Å². The average molecular weight is 379 g/mol. The largest absolute Gasteiger partial charge is 0.368 e. The molecule has 3 heterocycles. The predicted octanol–water partition coefficient (Wildman–Crippen LogP) is 2.04. The lowest BCUT2D eigenvalue weighted by atomic mass is 10.1. The van der Waals surface area contributed by atoms with Crippen LogP contribution in [0, 0.1) is 11.6 Å². The summed E-state index contributed by atoms with van der Waals surface area (Å²) in [4.78, 5) is 14.5. The number of nitrogens with one attached hydrogen (secondary N) is 1. The van der Waals surface area contributed by atoms with Gasteiger partial charge < -0.3 is 10.2 Å². The first-order valence-corrected chi connectivity index (χ1v) is 9.46. The first-order valence-electron chi connectivity index (χ1n) is 8.02. The Hall–Kier alpha value is -2.52. The minimum absolute atomic E-state index is 0.0827. The lowest BCUT2D eigenvalue weighted by Gasteiger charge is -2.29. The molecule has 0 aromatic heterocycles. The van der Waals surface area contributed by atoms with E-state index < -0.39 is 27.6 Å². The molecule has 0 atom stereocenters. The van der Waals surface area contributed by atoms with Crippen molar-refractivity contribution in [3.05, 3.63) is 53.6 Å². The Morgan fingerprint density at radius 1 is 0.962 bits per heavy atom. The molecule has 1 amide bonds. The van der Waals surface area contributed by atoms with Crippen LogP contribution in [0.4, 0.5) is 20.2 Å². The second kappa shape index (κ2) is 6.03. The number of carbonyl (C=O) groups excluding carboxylic acids is 1. The van der Waals surface area contributed by atoms with Crippen molar-refractivity contribution in [3.8, 4) is 0 Å². The Bertz CT molecular complexity index is 1000. The molecule has 1 saturated heterocycles. The fourth-order valence-corrected chi connectivity index (χ4v) is 4.87. The maximum atomic E-state index is 13.3. The van der Waals surface area contributed by atoms with Crippen LogP contribution in [0.15, 0.2) is 41.3 Å². The molecule has 0 radical (unpaired) electrons. The highest BCUT2D eigenvalue weighted by Gasteiger charge is 2.36. The van der Waals surface area contributed by atoms with Crippen molar-refractivity contribution in [2.45, 2.75) is 4.90 Å². The van der Waals surface area contributed by atoms with Crippen molar-refractivity contribution in [3.63, 3.8) is 0 Å². The van der Waals surface area contributed by atoms with Gasteiger partial charge in [0.15, 0.2) is 11.6 Å². The van der Waals surface area contributed by atoms with E-state index in [4.69, 9.17) is 0 Å². The van der Waals surface area contributed by atoms with Gasteiger partial charge in [-0.3, -0.25) is 4.79 Å². The summed E-state index contributed by atoms with van der Waals surface area (Å²) in [7, 11) is -3.67. The maximum Gasteiger partial charge on any atom is 0.255 e. The molecule has 0 saturated carbocycles. The number of sulfonamides is 1. The van der Waals surface area contributed by atoms with Gasteiger partial charge in [-0.2, -0.15) is 4.31 Å². The zero-order valence-electron chi connectivity index (χ0n) is 13.6. The highest BCUT2D eigenvalue weighted by molar-refractivity contribution is 7.89. The van der Waals surface area contributed by atoms with Gasteiger partial charge in [0.2, 0.25) is 10.0 Å². The molecule has 5 rings (SSSR count). The second-order valence-corrected chi connectivity index (χ2v) is 8.06. The van der Waals surface area contributed by atoms with Gasteiger partial charge in [-0.25, -0.2) is 17.2 Å². The number of halogens is 2. The van der Waals surface area contributed by atoms with Crippen LogP contribution < -0.4 is 10.2 Å². The first kappa shape index (κ1) is 16.9. The average Bonchev–Trinajstić information content (AvgIpc) is 2.80. The highest BCUT2D eigenvalue weighted by atomic mass is 32.2. The molecule has 0 spiro atoms. The molecule has 2 aromatic rings. The Morgan fingerprint density at radius 3 is 2.38 bits per heavy atom. The van der Waals surface area contributed by atoms with Crippen LogP contribution in [0.2, 0.25) is 0 Å². The van der Waals surface area contributed by atoms with Crippen molar-refractivity contribution in [2.24, 2.45) is 0 Å². The third-order valence-corrected chi connectivity index (χ3v) is 6.52. The van der Waals surface area contributed by atoms with Gasteiger partial charge in [-0.1, -0.05) is 0 Å². The third kappa shape index (κ3) is 2.73. The number of rotatable bonds is 2. The lowest BCUT2D eigenvalue weighted by molar-refractivity contribution is 0.102. The van der Waals surface area contributed by atoms with E-state index in [1.807, 2.05) is 4.90 Å². The monoisotopic (exact) mass is 379 g/mol. The van der Waals surface area contributed by atoms with Gasteiger partial charge in [0.25, 0.3) is 5.91 Å². The fraction of sp³-hybridized carbons (Fsp3) is 0.235. The van der Waals surface area contributed by atoms with Gasteiger partial charge in [0, 0.05) is 43.5 Å². The van der Waals surface area contributed by atoms with Gasteiger partial charge in [-0.15, -0.1) is 0 Å². The quantitative estimate of drug-likeness (QED) is 0.867. The fourth-order valence-electron chi connectivity index (χ4n) is 3.21. The van der Waals surface area contributed by atoms with E-state index in [-0.39, 0.29) is 16.1 Å². The number of fused-ring (bicyclic) bond motifs is 2. The van der Waals surface area contributed by atoms with Gasteiger partial charge in [0.05, 0.1) is 5.69 Å². The Morgan fingerprint density at radius 2 is 1.69 bits per heavy atom. The topological polar surface area (TPSA) is 69.7 Å². The van der Waals surface area contributed by atoms with E-state index in [1.165, 1.54) is 22.5 Å². The zero-order valence-corrected chi connectivity index (χ0v) is 14.4. The van der Waals surface area contributed by atoms with Crippen LogP contribution in [0.3, 0.4) is 0 Å². The van der Waals surface area contributed by atoms with Crippen LogP contribution >= 0.6 is 0 Å². The number of hydrogen-bond acceptors (Lipinski definition) is 4. The molecule has 2 bridgehead atoms. The number of hydrogen-bond donors (Lipinski definition) is 1. The molecule has 26 heavy (non-hydrogen) atoms. The predicted molar refractivity (Wildman–Crippen MR) is 91.7 cm³/mol. The van der Waals surface area contributed by atoms with E-state index in [0.29, 0.717) is 31.9 Å². The summed E-state index contributed by atoms with van der Waals surface area (Å²) in [5, 5.41) is 2.45. The van der Waals surface area contributed by atoms with E-state index in [9.17, 15) is 22.0 Å². The highest BCUT2D eigenvalue weighted by Crippen LogP contribution is 2.34. The summed E-state index contributed by atoms with van der Waals surface area (Å²) in [5.41, 5.74) is 0.786. The summed E-state index contributed by atoms with van der Waals surface area (Å²) in [6, 6.07) is 7.47. The maximum absolute atomic E-state index is 13.3. The molecular formula is C17H15F2N3O3S. The van der Waals surface area contributed by atoms with Crippen LogP contribution in [0.1, 0.15) is 10.4 Å². The number of nitrogens with zero attached hydrogens (tertiary/aromatic N) is 2. The van der Waals surface area contributed by atoms with E-state index in [0.717, 1.165) is 12.1 Å². The van der Waals surface area contributed by atoms with Crippen LogP contribution in [0.5, 0.6) is 0 Å². The molecular weight excluding hydrogens is 364 g/mol. The Kier molecular flexibility index (Phi) is 3.92. The van der Waals surface area contributed by atoms with Gasteiger partial charge in [0.1, 0.15) is 4.90 Å². The molecule has 0 unspecified atom stereocenters. The Balaban J connectivity index is 1.69. The van der Waals surface area contributed by atoms with Crippen molar-refractivity contribution in [2.75, 3.05) is 36.4 Å². The van der Waals surface area contributed by atoms with Crippen molar-refractivity contribution < 1.29 is 22.0 Å². The molecule has 6 nitrogen and oxygen atoms in total. The molecule has 9 heteroatoms. The number of carbonyl (C=O) groups is 1. The normalized spacial score (nSPS) is 18.3.